The maximum Gasteiger partial charge on any atom is 0.291 e. The minimum Gasteiger partial charge on any atom is -0.356 e. The van der Waals surface area contributed by atoms with Crippen LogP contribution in [0.4, 0.5) is 8.78 Å². The molecule has 0 aromatic rings. The summed E-state index contributed by atoms with van der Waals surface area (Å²) < 4.78 is 27.1. The molecular weight excluding hydrogens is 535 g/mol. The Labute approximate surface area is 224 Å². The highest BCUT2D eigenvalue weighted by atomic mass is 35.5. The Kier molecular flexibility index (Phi) is 8.94. The van der Waals surface area contributed by atoms with Gasteiger partial charge < -0.3 is 15.5 Å². The molecule has 37 heavy (non-hydrogen) atoms. The van der Waals surface area contributed by atoms with Gasteiger partial charge in [0.2, 0.25) is 11.8 Å². The second-order valence-corrected chi connectivity index (χ2v) is 11.3. The van der Waals surface area contributed by atoms with E-state index in [1.54, 1.807) is 13.8 Å². The summed E-state index contributed by atoms with van der Waals surface area (Å²) in [4.78, 5) is 64.9. The van der Waals surface area contributed by atoms with Gasteiger partial charge in [-0.15, -0.1) is 0 Å². The number of alkyl halides is 4. The lowest BCUT2D eigenvalue weighted by molar-refractivity contribution is -0.150. The molecule has 3 fully saturated rings. The van der Waals surface area contributed by atoms with Crippen LogP contribution in [0, 0.1) is 29.1 Å². The number of hydrazine groups is 1. The summed E-state index contributed by atoms with van der Waals surface area (Å²) in [5, 5.41) is 5.64. The van der Waals surface area contributed by atoms with Gasteiger partial charge in [-0.2, -0.15) is 0 Å². The highest BCUT2D eigenvalue weighted by Gasteiger charge is 2.69. The van der Waals surface area contributed by atoms with Crippen LogP contribution in [0.2, 0.25) is 0 Å². The molecule has 1 saturated carbocycles. The van der Waals surface area contributed by atoms with Gasteiger partial charge in [0.05, 0.1) is 12.5 Å². The number of hydrogen-bond acceptors (Lipinski definition) is 5. The molecule has 0 radical (unpaired) electrons. The first-order chi connectivity index (χ1) is 17.2. The van der Waals surface area contributed by atoms with E-state index < -0.39 is 58.8 Å². The molecule has 0 bridgehead atoms. The summed E-state index contributed by atoms with van der Waals surface area (Å²) in [6.07, 6.45) is 0.855. The number of piperidine rings is 1. The molecular formula is C23H33Cl2F2N5O5. The maximum absolute atomic E-state index is 13.8. The monoisotopic (exact) mass is 567 g/mol. The average Bonchev–Trinajstić information content (AvgIpc) is 3.19. The third-order valence-corrected chi connectivity index (χ3v) is 8.38. The Hall–Kier alpha value is -2.21. The number of fused-ring (bicyclic) bond motifs is 1. The molecule has 208 valence electrons. The number of rotatable bonds is 9. The van der Waals surface area contributed by atoms with E-state index in [9.17, 15) is 32.8 Å². The van der Waals surface area contributed by atoms with Gasteiger partial charge in [-0.25, -0.2) is 13.8 Å². The van der Waals surface area contributed by atoms with Gasteiger partial charge in [-0.1, -0.05) is 57.3 Å². The molecule has 2 saturated heterocycles. The van der Waals surface area contributed by atoms with Crippen LogP contribution < -0.4 is 16.1 Å². The normalized spacial score (nSPS) is 28.9. The first kappa shape index (κ1) is 29.3. The molecule has 10 nitrogen and oxygen atoms in total. The van der Waals surface area contributed by atoms with Gasteiger partial charge in [-0.05, 0) is 29.6 Å². The van der Waals surface area contributed by atoms with Crippen molar-refractivity contribution in [3.63, 3.8) is 0 Å². The molecule has 5 amide bonds. The topological polar surface area (TPSA) is 128 Å². The van der Waals surface area contributed by atoms with E-state index in [0.29, 0.717) is 24.4 Å². The van der Waals surface area contributed by atoms with Crippen molar-refractivity contribution < 1.29 is 32.8 Å². The fraction of sp³-hybridized carbons (Fsp3) is 0.783. The average molecular weight is 568 g/mol. The van der Waals surface area contributed by atoms with Gasteiger partial charge in [0.15, 0.2) is 0 Å². The predicted molar refractivity (Wildman–Crippen MR) is 130 cm³/mol. The summed E-state index contributed by atoms with van der Waals surface area (Å²) >= 11 is 10.6. The molecule has 3 rings (SSSR count). The Bertz CT molecular complexity index is 952. The third-order valence-electron chi connectivity index (χ3n) is 8.00. The molecule has 3 N–H and O–H groups in total. The molecule has 0 aromatic carbocycles. The van der Waals surface area contributed by atoms with E-state index >= 15 is 0 Å². The van der Waals surface area contributed by atoms with Crippen LogP contribution in [0.1, 0.15) is 40.5 Å². The zero-order valence-electron chi connectivity index (χ0n) is 21.1. The molecule has 3 aliphatic rings. The number of likely N-dealkylation sites (tertiary alicyclic amines) is 1. The van der Waals surface area contributed by atoms with Crippen molar-refractivity contribution in [2.75, 3.05) is 19.6 Å². The highest BCUT2D eigenvalue weighted by Crippen LogP contribution is 2.65. The SMILES string of the molecule is CCC(C)C(NC(=O)C(F)Cl)C(=O)N1C[C@H]2[C@@H]([C@H]1C(=O)NN(C[C@@H]1CCNC1=O)C(=O)C(F)Cl)C2(C)C. The number of carbonyl (C=O) groups is 5. The molecule has 2 heterocycles. The lowest BCUT2D eigenvalue weighted by Gasteiger charge is -2.36. The van der Waals surface area contributed by atoms with E-state index in [1.807, 2.05) is 13.8 Å². The third kappa shape index (κ3) is 5.94. The Morgan fingerprint density at radius 3 is 2.38 bits per heavy atom. The van der Waals surface area contributed by atoms with Crippen LogP contribution in [-0.2, 0) is 24.0 Å². The molecule has 1 aliphatic carbocycles. The van der Waals surface area contributed by atoms with Crippen LogP contribution in [0.5, 0.6) is 0 Å². The molecule has 8 atom stereocenters. The van der Waals surface area contributed by atoms with Crippen molar-refractivity contribution in [2.24, 2.45) is 29.1 Å². The van der Waals surface area contributed by atoms with Crippen LogP contribution in [0.25, 0.3) is 0 Å². The summed E-state index contributed by atoms with van der Waals surface area (Å²) in [7, 11) is 0. The maximum atomic E-state index is 13.8. The van der Waals surface area contributed by atoms with Crippen LogP contribution in [0.15, 0.2) is 0 Å². The fourth-order valence-corrected chi connectivity index (χ4v) is 5.62. The fourth-order valence-electron chi connectivity index (χ4n) is 5.44. The second-order valence-electron chi connectivity index (χ2n) is 10.6. The first-order valence-electron chi connectivity index (χ1n) is 12.3. The van der Waals surface area contributed by atoms with E-state index in [0.717, 1.165) is 0 Å². The van der Waals surface area contributed by atoms with Crippen LogP contribution in [0.3, 0.4) is 0 Å². The molecule has 4 unspecified atom stereocenters. The highest BCUT2D eigenvalue weighted by molar-refractivity contribution is 6.30. The number of carbonyl (C=O) groups excluding carboxylic acids is 5. The number of halogens is 4. The van der Waals surface area contributed by atoms with Crippen molar-refractivity contribution in [1.82, 2.24) is 26.0 Å². The van der Waals surface area contributed by atoms with Gasteiger partial charge in [-0.3, -0.25) is 29.4 Å². The Morgan fingerprint density at radius 1 is 1.22 bits per heavy atom. The van der Waals surface area contributed by atoms with Gasteiger partial charge in [0, 0.05) is 13.1 Å². The number of nitrogens with one attached hydrogen (secondary N) is 3. The van der Waals surface area contributed by atoms with Crippen molar-refractivity contribution in [1.29, 1.82) is 0 Å². The standard InChI is InChI=1S/C23H33Cl2F2N5O5/c1-5-10(2)14(29-20(35)16(24)26)21(36)31-9-12-13(23(12,3)4)15(31)19(34)30-32(22(37)17(25)27)8-11-6-7-28-18(11)33/h10-17H,5-9H2,1-4H3,(H,28,33)(H,29,35)(H,30,34)/t10?,11-,12-,13-,14?,15-,16?,17?/m0/s1. The van der Waals surface area contributed by atoms with Crippen LogP contribution in [-0.4, -0.2) is 82.4 Å². The molecule has 2 aliphatic heterocycles. The van der Waals surface area contributed by atoms with E-state index in [4.69, 9.17) is 23.2 Å². The Morgan fingerprint density at radius 2 is 1.86 bits per heavy atom. The van der Waals surface area contributed by atoms with Crippen LogP contribution >= 0.6 is 23.2 Å². The first-order valence-corrected chi connectivity index (χ1v) is 13.2. The van der Waals surface area contributed by atoms with E-state index in [1.165, 1.54) is 4.90 Å². The summed E-state index contributed by atoms with van der Waals surface area (Å²) in [6.45, 7) is 7.69. The van der Waals surface area contributed by atoms with Gasteiger partial charge in [0.25, 0.3) is 29.0 Å². The molecule has 0 spiro atoms. The number of nitrogens with zero attached hydrogens (tertiary/aromatic N) is 2. The predicted octanol–water partition coefficient (Wildman–Crippen LogP) is 1.07. The number of amides is 5. The zero-order valence-corrected chi connectivity index (χ0v) is 22.6. The lowest BCUT2D eigenvalue weighted by Crippen LogP contribution is -2.60. The Balaban J connectivity index is 1.85. The van der Waals surface area contributed by atoms with Crippen molar-refractivity contribution in [3.05, 3.63) is 0 Å². The number of hydrogen-bond donors (Lipinski definition) is 3. The van der Waals surface area contributed by atoms with Gasteiger partial charge in [0.1, 0.15) is 12.1 Å². The van der Waals surface area contributed by atoms with Gasteiger partial charge >= 0.3 is 0 Å². The minimum atomic E-state index is -2.45. The lowest BCUT2D eigenvalue weighted by atomic mass is 9.95. The zero-order chi connectivity index (χ0) is 27.8. The second kappa shape index (κ2) is 11.3. The molecule has 14 heteroatoms. The quantitative estimate of drug-likeness (QED) is 0.283. The van der Waals surface area contributed by atoms with Crippen molar-refractivity contribution in [3.8, 4) is 0 Å². The van der Waals surface area contributed by atoms with E-state index in [-0.39, 0.29) is 36.2 Å². The van der Waals surface area contributed by atoms with Crippen molar-refractivity contribution >= 4 is 52.7 Å². The smallest absolute Gasteiger partial charge is 0.291 e. The molecule has 0 aromatic heterocycles. The summed E-state index contributed by atoms with van der Waals surface area (Å²) in [5.74, 6) is -5.43. The summed E-state index contributed by atoms with van der Waals surface area (Å²) in [6, 6.07) is -2.18. The summed E-state index contributed by atoms with van der Waals surface area (Å²) in [5.41, 5.74) is -2.70. The van der Waals surface area contributed by atoms with E-state index in [2.05, 4.69) is 16.1 Å². The van der Waals surface area contributed by atoms with Crippen molar-refractivity contribution in [2.45, 2.75) is 63.9 Å². The minimum absolute atomic E-state index is 0.0332. The largest absolute Gasteiger partial charge is 0.356 e.